The van der Waals surface area contributed by atoms with Gasteiger partial charge in [-0.2, -0.15) is 9.78 Å². The van der Waals surface area contributed by atoms with Crippen molar-refractivity contribution in [2.45, 2.75) is 20.8 Å². The maximum atomic E-state index is 11.2. The molecule has 21 heavy (non-hydrogen) atoms. The summed E-state index contributed by atoms with van der Waals surface area (Å²) in [6, 6.07) is 8.99. The molecule has 0 saturated heterocycles. The molecule has 0 aliphatic heterocycles. The Morgan fingerprint density at radius 1 is 1.24 bits per heavy atom. The fourth-order valence-corrected chi connectivity index (χ4v) is 1.87. The van der Waals surface area contributed by atoms with Gasteiger partial charge in [0.15, 0.2) is 5.69 Å². The van der Waals surface area contributed by atoms with E-state index in [0.717, 1.165) is 10.9 Å². The van der Waals surface area contributed by atoms with Gasteiger partial charge in [-0.05, 0) is 19.1 Å². The lowest BCUT2D eigenvalue weighted by molar-refractivity contribution is 0.0686. The predicted molar refractivity (Wildman–Crippen MR) is 79.7 cm³/mol. The Morgan fingerprint density at radius 2 is 1.95 bits per heavy atom. The number of carboxylic acids is 1. The van der Waals surface area contributed by atoms with E-state index in [4.69, 9.17) is 5.11 Å². The van der Waals surface area contributed by atoms with Gasteiger partial charge in [0, 0.05) is 11.6 Å². The highest BCUT2D eigenvalue weighted by molar-refractivity contribution is 5.86. The average Bonchev–Trinajstić information content (AvgIpc) is 2.91. The molecule has 0 bridgehead atoms. The van der Waals surface area contributed by atoms with Gasteiger partial charge in [-0.25, -0.2) is 14.8 Å². The number of carbonyl (C=O) groups is 1. The minimum absolute atomic E-state index is 0.0489. The van der Waals surface area contributed by atoms with Gasteiger partial charge in [0.05, 0.1) is 11.2 Å². The van der Waals surface area contributed by atoms with Gasteiger partial charge in [0.2, 0.25) is 0 Å². The van der Waals surface area contributed by atoms with Gasteiger partial charge in [-0.15, -0.1) is 0 Å². The summed E-state index contributed by atoms with van der Waals surface area (Å²) in [6.07, 6.45) is 1.65. The Kier molecular flexibility index (Phi) is 4.27. The van der Waals surface area contributed by atoms with Crippen molar-refractivity contribution in [1.29, 1.82) is 0 Å². The first kappa shape index (κ1) is 14.6. The van der Waals surface area contributed by atoms with Gasteiger partial charge < -0.3 is 5.11 Å². The largest absolute Gasteiger partial charge is 0.477 e. The van der Waals surface area contributed by atoms with Crippen molar-refractivity contribution in [3.8, 4) is 5.95 Å². The quantitative estimate of drug-likeness (QED) is 0.782. The molecule has 0 aliphatic rings. The Balaban J connectivity index is 0.000000774. The molecule has 0 saturated carbocycles. The van der Waals surface area contributed by atoms with Crippen molar-refractivity contribution in [2.24, 2.45) is 0 Å². The molecule has 6 heteroatoms. The zero-order valence-electron chi connectivity index (χ0n) is 12.1. The number of para-hydroxylation sites is 1. The highest BCUT2D eigenvalue weighted by Gasteiger charge is 2.16. The molecule has 6 nitrogen and oxygen atoms in total. The van der Waals surface area contributed by atoms with Crippen LogP contribution in [0.25, 0.3) is 16.9 Å². The number of nitrogens with zero attached hydrogens (tertiary/aromatic N) is 4. The van der Waals surface area contributed by atoms with Crippen molar-refractivity contribution in [3.63, 3.8) is 0 Å². The molecule has 0 unspecified atom stereocenters. The molecule has 2 heterocycles. The Labute approximate surface area is 122 Å². The van der Waals surface area contributed by atoms with E-state index in [2.05, 4.69) is 15.1 Å². The van der Waals surface area contributed by atoms with Crippen molar-refractivity contribution < 1.29 is 9.90 Å². The molecular weight excluding hydrogens is 268 g/mol. The second-order valence-electron chi connectivity index (χ2n) is 4.12. The van der Waals surface area contributed by atoms with Crippen LogP contribution in [0.15, 0.2) is 36.5 Å². The molecule has 1 aromatic carbocycles. The van der Waals surface area contributed by atoms with Crippen LogP contribution in [0, 0.1) is 6.92 Å². The van der Waals surface area contributed by atoms with Crippen LogP contribution in [0.4, 0.5) is 0 Å². The number of fused-ring (bicyclic) bond motifs is 1. The third-order valence-electron chi connectivity index (χ3n) is 2.72. The molecule has 0 fully saturated rings. The zero-order chi connectivity index (χ0) is 15.4. The highest BCUT2D eigenvalue weighted by atomic mass is 16.4. The number of hydrogen-bond acceptors (Lipinski definition) is 4. The van der Waals surface area contributed by atoms with Crippen LogP contribution >= 0.6 is 0 Å². The fourth-order valence-electron chi connectivity index (χ4n) is 1.87. The standard InChI is InChI=1S/C13H10N4O2.C2H6/c1-8-6-11(12(18)19)17(16-8)13-14-7-9-4-2-3-5-10(9)15-13;1-2/h2-7H,1H3,(H,18,19);1-2H3. The smallest absolute Gasteiger partial charge is 0.354 e. The van der Waals surface area contributed by atoms with E-state index in [1.165, 1.54) is 10.7 Å². The number of rotatable bonds is 2. The number of aryl methyl sites for hydroxylation is 1. The molecular formula is C15H16N4O2. The molecule has 0 spiro atoms. The Morgan fingerprint density at radius 3 is 2.67 bits per heavy atom. The third kappa shape index (κ3) is 2.89. The number of aromatic carboxylic acids is 1. The maximum Gasteiger partial charge on any atom is 0.354 e. The first-order valence-electron chi connectivity index (χ1n) is 6.67. The van der Waals surface area contributed by atoms with Gasteiger partial charge in [0.1, 0.15) is 0 Å². The summed E-state index contributed by atoms with van der Waals surface area (Å²) in [6.45, 7) is 5.73. The van der Waals surface area contributed by atoms with E-state index >= 15 is 0 Å². The van der Waals surface area contributed by atoms with Gasteiger partial charge >= 0.3 is 5.97 Å². The number of benzene rings is 1. The summed E-state index contributed by atoms with van der Waals surface area (Å²) in [7, 11) is 0. The second kappa shape index (κ2) is 6.13. The van der Waals surface area contributed by atoms with Gasteiger partial charge in [-0.1, -0.05) is 32.0 Å². The fraction of sp³-hybridized carbons (Fsp3) is 0.200. The first-order chi connectivity index (χ1) is 10.1. The molecule has 0 amide bonds. The minimum atomic E-state index is -1.06. The van der Waals surface area contributed by atoms with Gasteiger partial charge in [-0.3, -0.25) is 0 Å². The predicted octanol–water partition coefficient (Wildman–Crippen LogP) is 2.85. The van der Waals surface area contributed by atoms with Crippen LogP contribution in [-0.4, -0.2) is 30.8 Å². The molecule has 0 atom stereocenters. The lowest BCUT2D eigenvalue weighted by atomic mass is 10.2. The van der Waals surface area contributed by atoms with E-state index in [9.17, 15) is 4.79 Å². The summed E-state index contributed by atoms with van der Waals surface area (Å²) in [5, 5.41) is 14.2. The third-order valence-corrected chi connectivity index (χ3v) is 2.72. The average molecular weight is 284 g/mol. The number of carboxylic acid groups (broad SMARTS) is 1. The van der Waals surface area contributed by atoms with Crippen LogP contribution in [0.3, 0.4) is 0 Å². The van der Waals surface area contributed by atoms with Crippen LogP contribution in [0.1, 0.15) is 30.0 Å². The van der Waals surface area contributed by atoms with E-state index in [0.29, 0.717) is 5.69 Å². The lowest BCUT2D eigenvalue weighted by Gasteiger charge is -2.03. The number of hydrogen-bond donors (Lipinski definition) is 1. The zero-order valence-corrected chi connectivity index (χ0v) is 12.1. The maximum absolute atomic E-state index is 11.2. The summed E-state index contributed by atoms with van der Waals surface area (Å²) in [5.41, 5.74) is 1.40. The normalized spacial score (nSPS) is 10.0. The summed E-state index contributed by atoms with van der Waals surface area (Å²) in [5.74, 6) is -0.804. The molecule has 1 N–H and O–H groups in total. The van der Waals surface area contributed by atoms with Crippen molar-refractivity contribution in [1.82, 2.24) is 19.7 Å². The van der Waals surface area contributed by atoms with Crippen LogP contribution in [0.2, 0.25) is 0 Å². The Bertz CT molecular complexity index is 780. The van der Waals surface area contributed by atoms with Crippen LogP contribution in [0.5, 0.6) is 0 Å². The summed E-state index contributed by atoms with van der Waals surface area (Å²) >= 11 is 0. The SMILES string of the molecule is CC.Cc1cc(C(=O)O)n(-c2ncc3ccccc3n2)n1. The lowest BCUT2D eigenvalue weighted by Crippen LogP contribution is -2.11. The van der Waals surface area contributed by atoms with Crippen molar-refractivity contribution in [2.75, 3.05) is 0 Å². The van der Waals surface area contributed by atoms with Crippen molar-refractivity contribution in [3.05, 3.63) is 47.9 Å². The second-order valence-corrected chi connectivity index (χ2v) is 4.12. The van der Waals surface area contributed by atoms with Crippen molar-refractivity contribution >= 4 is 16.9 Å². The highest BCUT2D eigenvalue weighted by Crippen LogP contribution is 2.13. The van der Waals surface area contributed by atoms with Crippen LogP contribution in [-0.2, 0) is 0 Å². The molecule has 0 aliphatic carbocycles. The monoisotopic (exact) mass is 284 g/mol. The summed E-state index contributed by atoms with van der Waals surface area (Å²) < 4.78 is 1.24. The van der Waals surface area contributed by atoms with E-state index in [1.807, 2.05) is 38.1 Å². The Hall–Kier alpha value is -2.76. The molecule has 108 valence electrons. The first-order valence-corrected chi connectivity index (χ1v) is 6.67. The summed E-state index contributed by atoms with van der Waals surface area (Å²) in [4.78, 5) is 19.6. The van der Waals surface area contributed by atoms with E-state index in [1.54, 1.807) is 13.1 Å². The van der Waals surface area contributed by atoms with Crippen LogP contribution < -0.4 is 0 Å². The topological polar surface area (TPSA) is 80.9 Å². The molecule has 3 rings (SSSR count). The number of aromatic nitrogens is 4. The van der Waals surface area contributed by atoms with E-state index < -0.39 is 5.97 Å². The molecule has 2 aromatic heterocycles. The molecule has 3 aromatic rings. The minimum Gasteiger partial charge on any atom is -0.477 e. The van der Waals surface area contributed by atoms with E-state index in [-0.39, 0.29) is 11.6 Å². The van der Waals surface area contributed by atoms with Gasteiger partial charge in [0.25, 0.3) is 5.95 Å². The molecule has 0 radical (unpaired) electrons.